The van der Waals surface area contributed by atoms with Crippen LogP contribution in [0, 0.1) is 19.7 Å². The zero-order valence-electron chi connectivity index (χ0n) is 13.7. The van der Waals surface area contributed by atoms with Gasteiger partial charge in [0, 0.05) is 30.4 Å². The lowest BCUT2D eigenvalue weighted by molar-refractivity contribution is 0.0945. The molecular formula is C17H18FN5O. The number of amides is 1. The fraction of sp³-hybridized carbons (Fsp3) is 0.235. The first-order chi connectivity index (χ1) is 11.5. The number of aryl methyl sites for hydroxylation is 2. The average molecular weight is 327 g/mol. The van der Waals surface area contributed by atoms with Gasteiger partial charge in [0.25, 0.3) is 5.91 Å². The van der Waals surface area contributed by atoms with Gasteiger partial charge in [-0.2, -0.15) is 10.2 Å². The van der Waals surface area contributed by atoms with Gasteiger partial charge >= 0.3 is 0 Å². The van der Waals surface area contributed by atoms with Crippen LogP contribution >= 0.6 is 0 Å². The monoisotopic (exact) mass is 327 g/mol. The molecule has 3 aromatic rings. The Hall–Kier alpha value is -2.96. The maximum absolute atomic E-state index is 13.6. The molecule has 1 amide bonds. The Balaban J connectivity index is 1.76. The summed E-state index contributed by atoms with van der Waals surface area (Å²) < 4.78 is 15.4. The smallest absolute Gasteiger partial charge is 0.269 e. The molecule has 0 bridgehead atoms. The van der Waals surface area contributed by atoms with Gasteiger partial charge in [0.15, 0.2) is 0 Å². The molecule has 124 valence electrons. The maximum atomic E-state index is 13.6. The van der Waals surface area contributed by atoms with E-state index >= 15 is 0 Å². The van der Waals surface area contributed by atoms with Crippen molar-refractivity contribution in [3.63, 3.8) is 0 Å². The largest absolute Gasteiger partial charge is 0.347 e. The number of rotatable bonds is 4. The van der Waals surface area contributed by atoms with Crippen LogP contribution in [0.25, 0.3) is 11.3 Å². The van der Waals surface area contributed by atoms with Crippen molar-refractivity contribution in [2.24, 2.45) is 7.05 Å². The van der Waals surface area contributed by atoms with E-state index in [0.717, 1.165) is 17.0 Å². The van der Waals surface area contributed by atoms with E-state index < -0.39 is 0 Å². The fourth-order valence-electron chi connectivity index (χ4n) is 2.62. The summed E-state index contributed by atoms with van der Waals surface area (Å²) in [5, 5.41) is 14.0. The molecule has 0 unspecified atom stereocenters. The molecule has 7 heteroatoms. The van der Waals surface area contributed by atoms with Crippen molar-refractivity contribution >= 4 is 5.91 Å². The standard InChI is InChI=1S/C17H18FN5O/c1-10-16(11(2)23(3)22-10)14-8-15(21-20-14)17(24)19-9-12-6-4-5-7-13(12)18/h4-8H,9H2,1-3H3,(H,19,24)(H,20,21). The van der Waals surface area contributed by atoms with Crippen LogP contribution in [0.15, 0.2) is 30.3 Å². The number of carbonyl (C=O) groups is 1. The van der Waals surface area contributed by atoms with Crippen LogP contribution in [-0.2, 0) is 13.6 Å². The van der Waals surface area contributed by atoms with E-state index in [-0.39, 0.29) is 18.3 Å². The molecule has 1 aromatic carbocycles. The van der Waals surface area contributed by atoms with Crippen LogP contribution in [0.4, 0.5) is 4.39 Å². The topological polar surface area (TPSA) is 75.6 Å². The highest BCUT2D eigenvalue weighted by Crippen LogP contribution is 2.25. The Morgan fingerprint density at radius 2 is 2.08 bits per heavy atom. The van der Waals surface area contributed by atoms with Crippen LogP contribution < -0.4 is 5.32 Å². The van der Waals surface area contributed by atoms with Gasteiger partial charge < -0.3 is 5.32 Å². The summed E-state index contributed by atoms with van der Waals surface area (Å²) >= 11 is 0. The quantitative estimate of drug-likeness (QED) is 0.773. The molecule has 0 saturated heterocycles. The minimum absolute atomic E-state index is 0.116. The summed E-state index contributed by atoms with van der Waals surface area (Å²) in [6.45, 7) is 3.96. The van der Waals surface area contributed by atoms with Crippen LogP contribution in [0.1, 0.15) is 27.4 Å². The van der Waals surface area contributed by atoms with Gasteiger partial charge in [-0.3, -0.25) is 14.6 Å². The van der Waals surface area contributed by atoms with Crippen LogP contribution in [0.3, 0.4) is 0 Å². The van der Waals surface area contributed by atoms with Gasteiger partial charge in [-0.05, 0) is 26.0 Å². The highest BCUT2D eigenvalue weighted by atomic mass is 19.1. The maximum Gasteiger partial charge on any atom is 0.269 e. The van der Waals surface area contributed by atoms with Crippen molar-refractivity contribution in [3.05, 3.63) is 58.8 Å². The van der Waals surface area contributed by atoms with E-state index in [2.05, 4.69) is 20.6 Å². The average Bonchev–Trinajstić information content (AvgIpc) is 3.12. The number of nitrogens with one attached hydrogen (secondary N) is 2. The number of aromatic nitrogens is 4. The molecule has 0 aliphatic heterocycles. The molecule has 2 heterocycles. The predicted molar refractivity (Wildman–Crippen MR) is 87.8 cm³/mol. The summed E-state index contributed by atoms with van der Waals surface area (Å²) in [5.74, 6) is -0.680. The van der Waals surface area contributed by atoms with Gasteiger partial charge in [0.05, 0.1) is 11.4 Å². The fourth-order valence-corrected chi connectivity index (χ4v) is 2.62. The summed E-state index contributed by atoms with van der Waals surface area (Å²) in [5.41, 5.74) is 4.14. The van der Waals surface area contributed by atoms with Crippen molar-refractivity contribution in [1.82, 2.24) is 25.3 Å². The normalized spacial score (nSPS) is 10.8. The number of nitrogens with zero attached hydrogens (tertiary/aromatic N) is 3. The van der Waals surface area contributed by atoms with E-state index in [1.807, 2.05) is 20.9 Å². The molecule has 6 nitrogen and oxygen atoms in total. The number of hydrogen-bond acceptors (Lipinski definition) is 3. The zero-order valence-corrected chi connectivity index (χ0v) is 13.7. The molecule has 0 atom stereocenters. The minimum Gasteiger partial charge on any atom is -0.347 e. The summed E-state index contributed by atoms with van der Waals surface area (Å²) in [6, 6.07) is 8.01. The number of carbonyl (C=O) groups excluding carboxylic acids is 1. The molecule has 24 heavy (non-hydrogen) atoms. The molecule has 0 radical (unpaired) electrons. The van der Waals surface area contributed by atoms with E-state index in [1.165, 1.54) is 6.07 Å². The van der Waals surface area contributed by atoms with Gasteiger partial charge in [-0.25, -0.2) is 4.39 Å². The molecule has 0 aliphatic carbocycles. The lowest BCUT2D eigenvalue weighted by atomic mass is 10.1. The molecular weight excluding hydrogens is 309 g/mol. The highest BCUT2D eigenvalue weighted by Gasteiger charge is 2.17. The molecule has 0 fully saturated rings. The van der Waals surface area contributed by atoms with E-state index in [4.69, 9.17) is 0 Å². The lowest BCUT2D eigenvalue weighted by Crippen LogP contribution is -2.23. The first-order valence-corrected chi connectivity index (χ1v) is 7.55. The molecule has 0 saturated carbocycles. The predicted octanol–water partition coefficient (Wildman–Crippen LogP) is 2.50. The molecule has 2 aromatic heterocycles. The van der Waals surface area contributed by atoms with Gasteiger partial charge in [-0.1, -0.05) is 18.2 Å². The Morgan fingerprint density at radius 3 is 2.75 bits per heavy atom. The summed E-state index contributed by atoms with van der Waals surface area (Å²) in [4.78, 5) is 12.2. The molecule has 0 aliphatic rings. The van der Waals surface area contributed by atoms with Crippen molar-refractivity contribution in [2.75, 3.05) is 0 Å². The Labute approximate surface area is 138 Å². The second kappa shape index (κ2) is 6.27. The first kappa shape index (κ1) is 15.9. The van der Waals surface area contributed by atoms with Crippen LogP contribution in [0.5, 0.6) is 0 Å². The van der Waals surface area contributed by atoms with Crippen LogP contribution in [0.2, 0.25) is 0 Å². The van der Waals surface area contributed by atoms with Gasteiger partial charge in [0.1, 0.15) is 11.5 Å². The van der Waals surface area contributed by atoms with E-state index in [0.29, 0.717) is 17.0 Å². The Kier molecular flexibility index (Phi) is 4.16. The van der Waals surface area contributed by atoms with Crippen LogP contribution in [-0.4, -0.2) is 25.9 Å². The summed E-state index contributed by atoms with van der Waals surface area (Å²) in [6.07, 6.45) is 0. The van der Waals surface area contributed by atoms with Gasteiger partial charge in [0.2, 0.25) is 0 Å². The second-order valence-electron chi connectivity index (χ2n) is 5.61. The Bertz CT molecular complexity index is 896. The third-order valence-electron chi connectivity index (χ3n) is 3.98. The Morgan fingerprint density at radius 1 is 1.33 bits per heavy atom. The van der Waals surface area contributed by atoms with Crippen molar-refractivity contribution in [2.45, 2.75) is 20.4 Å². The lowest BCUT2D eigenvalue weighted by Gasteiger charge is -2.04. The van der Waals surface area contributed by atoms with Crippen molar-refractivity contribution in [1.29, 1.82) is 0 Å². The minimum atomic E-state index is -0.343. The number of H-pyrrole nitrogens is 1. The van der Waals surface area contributed by atoms with Gasteiger partial charge in [-0.15, -0.1) is 0 Å². The third kappa shape index (κ3) is 2.92. The number of hydrogen-bond donors (Lipinski definition) is 2. The second-order valence-corrected chi connectivity index (χ2v) is 5.61. The SMILES string of the molecule is Cc1nn(C)c(C)c1-c1cc(C(=O)NCc2ccccc2F)[nH]n1. The molecule has 0 spiro atoms. The highest BCUT2D eigenvalue weighted by molar-refractivity contribution is 5.93. The molecule has 3 rings (SSSR count). The summed E-state index contributed by atoms with van der Waals surface area (Å²) in [7, 11) is 1.86. The third-order valence-corrected chi connectivity index (χ3v) is 3.98. The number of benzene rings is 1. The first-order valence-electron chi connectivity index (χ1n) is 7.55. The van der Waals surface area contributed by atoms with E-state index in [1.54, 1.807) is 28.9 Å². The number of aromatic amines is 1. The molecule has 2 N–H and O–H groups in total. The zero-order chi connectivity index (χ0) is 17.3. The number of halogens is 1. The van der Waals surface area contributed by atoms with Crippen molar-refractivity contribution in [3.8, 4) is 11.3 Å². The van der Waals surface area contributed by atoms with Crippen molar-refractivity contribution < 1.29 is 9.18 Å². The van der Waals surface area contributed by atoms with E-state index in [9.17, 15) is 9.18 Å².